The highest BCUT2D eigenvalue weighted by Gasteiger charge is 2.06. The average Bonchev–Trinajstić information content (AvgIpc) is 2.89. The zero-order chi connectivity index (χ0) is 15.2. The third-order valence-electron chi connectivity index (χ3n) is 2.63. The topological polar surface area (TPSA) is 70.9 Å². The van der Waals surface area contributed by atoms with E-state index in [1.54, 1.807) is 18.2 Å². The summed E-state index contributed by atoms with van der Waals surface area (Å²) in [5.41, 5.74) is 3.19. The molecule has 21 heavy (non-hydrogen) atoms. The van der Waals surface area contributed by atoms with Crippen LogP contribution in [0.25, 0.3) is 0 Å². The molecule has 0 radical (unpaired) electrons. The minimum Gasteiger partial charge on any atom is -0.504 e. The summed E-state index contributed by atoms with van der Waals surface area (Å²) in [5, 5.41) is 13.5. The molecule has 0 saturated heterocycles. The molecule has 2 aromatic rings. The molecule has 1 aromatic heterocycles. The summed E-state index contributed by atoms with van der Waals surface area (Å²) in [5.74, 6) is 0.224. The lowest BCUT2D eigenvalue weighted by molar-refractivity contribution is 0.0959. The van der Waals surface area contributed by atoms with Crippen molar-refractivity contribution < 1.29 is 14.6 Å². The van der Waals surface area contributed by atoms with Gasteiger partial charge in [-0.3, -0.25) is 4.79 Å². The van der Waals surface area contributed by atoms with E-state index < -0.39 is 0 Å². The van der Waals surface area contributed by atoms with E-state index in [4.69, 9.17) is 4.74 Å². The molecular weight excluding hydrogens is 288 g/mol. The number of hydrogen-bond acceptors (Lipinski definition) is 5. The highest BCUT2D eigenvalue weighted by Crippen LogP contribution is 2.26. The molecular formula is C15H16N2O3S. The molecule has 1 amide bonds. The number of phenolic OH excluding ortho intramolecular Hbond substituents is 1. The Kier molecular flexibility index (Phi) is 4.94. The number of amides is 1. The Morgan fingerprint density at radius 1 is 1.43 bits per heavy atom. The molecule has 1 aromatic carbocycles. The molecule has 110 valence electrons. The molecule has 0 aliphatic carbocycles. The van der Waals surface area contributed by atoms with Crippen molar-refractivity contribution in [1.29, 1.82) is 0 Å². The van der Waals surface area contributed by atoms with Gasteiger partial charge in [0.15, 0.2) is 11.5 Å². The van der Waals surface area contributed by atoms with Gasteiger partial charge >= 0.3 is 0 Å². The van der Waals surface area contributed by atoms with Crippen LogP contribution < -0.4 is 10.2 Å². The molecule has 0 bridgehead atoms. The fourth-order valence-corrected chi connectivity index (χ4v) is 2.42. The van der Waals surface area contributed by atoms with Crippen LogP contribution in [0.5, 0.6) is 11.5 Å². The standard InChI is InChI=1S/C15H16N2O3S/c1-3-20-13-8-11(5-6-12(13)18)9-16-17-15(19)14-7-4-10(2)21-14/h4-9,18H,3H2,1-2H3,(H,17,19)/b16-9-. The van der Waals surface area contributed by atoms with Gasteiger partial charge in [0.05, 0.1) is 17.7 Å². The second-order valence-corrected chi connectivity index (χ2v) is 5.56. The average molecular weight is 304 g/mol. The zero-order valence-electron chi connectivity index (χ0n) is 11.8. The van der Waals surface area contributed by atoms with Crippen molar-refractivity contribution in [1.82, 2.24) is 5.43 Å². The molecule has 6 heteroatoms. The molecule has 0 unspecified atom stereocenters. The maximum absolute atomic E-state index is 11.8. The predicted octanol–water partition coefficient (Wildman–Crippen LogP) is 2.92. The Hall–Kier alpha value is -2.34. The van der Waals surface area contributed by atoms with Gasteiger partial charge in [-0.1, -0.05) is 0 Å². The summed E-state index contributed by atoms with van der Waals surface area (Å²) in [6.07, 6.45) is 1.50. The fourth-order valence-electron chi connectivity index (χ4n) is 1.66. The number of benzene rings is 1. The minimum atomic E-state index is -0.242. The Labute approximate surface area is 126 Å². The quantitative estimate of drug-likeness (QED) is 0.659. The summed E-state index contributed by atoms with van der Waals surface area (Å²) in [6.45, 7) is 4.24. The van der Waals surface area contributed by atoms with E-state index in [0.29, 0.717) is 17.2 Å². The van der Waals surface area contributed by atoms with Gasteiger partial charge in [-0.2, -0.15) is 5.10 Å². The van der Waals surface area contributed by atoms with E-state index in [9.17, 15) is 9.90 Å². The van der Waals surface area contributed by atoms with E-state index in [2.05, 4.69) is 10.5 Å². The number of thiophene rings is 1. The first kappa shape index (κ1) is 15.1. The molecule has 0 saturated carbocycles. The first-order chi connectivity index (χ1) is 10.1. The molecule has 0 fully saturated rings. The Bertz CT molecular complexity index is 665. The smallest absolute Gasteiger partial charge is 0.281 e. The van der Waals surface area contributed by atoms with E-state index in [1.165, 1.54) is 23.6 Å². The number of phenols is 1. The lowest BCUT2D eigenvalue weighted by Crippen LogP contribution is -2.16. The van der Waals surface area contributed by atoms with Crippen LogP contribution in [-0.2, 0) is 0 Å². The number of nitrogens with one attached hydrogen (secondary N) is 1. The molecule has 1 heterocycles. The van der Waals surface area contributed by atoms with E-state index in [1.807, 2.05) is 19.9 Å². The van der Waals surface area contributed by atoms with Gasteiger partial charge in [0.2, 0.25) is 0 Å². The highest BCUT2D eigenvalue weighted by molar-refractivity contribution is 7.13. The van der Waals surface area contributed by atoms with Crippen molar-refractivity contribution in [3.8, 4) is 11.5 Å². The van der Waals surface area contributed by atoms with Crippen molar-refractivity contribution in [2.45, 2.75) is 13.8 Å². The number of aryl methyl sites for hydroxylation is 1. The maximum atomic E-state index is 11.8. The zero-order valence-corrected chi connectivity index (χ0v) is 12.6. The molecule has 2 N–H and O–H groups in total. The lowest BCUT2D eigenvalue weighted by atomic mass is 10.2. The first-order valence-corrected chi connectivity index (χ1v) is 7.27. The molecule has 0 aliphatic rings. The number of rotatable bonds is 5. The van der Waals surface area contributed by atoms with E-state index in [0.717, 1.165) is 10.4 Å². The molecule has 2 rings (SSSR count). The third-order valence-corrected chi connectivity index (χ3v) is 3.63. The van der Waals surface area contributed by atoms with Gasteiger partial charge in [-0.25, -0.2) is 5.43 Å². The number of hydrogen-bond donors (Lipinski definition) is 2. The van der Waals surface area contributed by atoms with Crippen LogP contribution in [-0.4, -0.2) is 23.8 Å². The maximum Gasteiger partial charge on any atom is 0.281 e. The minimum absolute atomic E-state index is 0.0760. The molecule has 0 atom stereocenters. The van der Waals surface area contributed by atoms with Gasteiger partial charge < -0.3 is 9.84 Å². The predicted molar refractivity (Wildman–Crippen MR) is 83.4 cm³/mol. The second kappa shape index (κ2) is 6.90. The van der Waals surface area contributed by atoms with Gasteiger partial charge in [-0.15, -0.1) is 11.3 Å². The summed E-state index contributed by atoms with van der Waals surface area (Å²) in [6, 6.07) is 8.51. The molecule has 5 nitrogen and oxygen atoms in total. The Morgan fingerprint density at radius 2 is 2.24 bits per heavy atom. The molecule has 0 aliphatic heterocycles. The normalized spacial score (nSPS) is 10.8. The van der Waals surface area contributed by atoms with Crippen molar-refractivity contribution >= 4 is 23.5 Å². The summed E-state index contributed by atoms with van der Waals surface area (Å²) in [4.78, 5) is 13.5. The van der Waals surface area contributed by atoms with E-state index >= 15 is 0 Å². The van der Waals surface area contributed by atoms with Crippen LogP contribution in [0, 0.1) is 6.92 Å². The number of hydrazone groups is 1. The van der Waals surface area contributed by atoms with Crippen molar-refractivity contribution in [2.75, 3.05) is 6.61 Å². The number of nitrogens with zero attached hydrogens (tertiary/aromatic N) is 1. The Morgan fingerprint density at radius 3 is 2.90 bits per heavy atom. The largest absolute Gasteiger partial charge is 0.504 e. The first-order valence-electron chi connectivity index (χ1n) is 6.46. The third kappa shape index (κ3) is 4.06. The number of carbonyl (C=O) groups is 1. The molecule has 0 spiro atoms. The number of ether oxygens (including phenoxy) is 1. The van der Waals surface area contributed by atoms with Gasteiger partial charge in [0.1, 0.15) is 0 Å². The van der Waals surface area contributed by atoms with Crippen LogP contribution in [0.4, 0.5) is 0 Å². The highest BCUT2D eigenvalue weighted by atomic mass is 32.1. The van der Waals surface area contributed by atoms with Gasteiger partial charge in [0.25, 0.3) is 5.91 Å². The monoisotopic (exact) mass is 304 g/mol. The van der Waals surface area contributed by atoms with Gasteiger partial charge in [0, 0.05) is 4.88 Å². The van der Waals surface area contributed by atoms with Crippen LogP contribution in [0.2, 0.25) is 0 Å². The summed E-state index contributed by atoms with van der Waals surface area (Å²) < 4.78 is 5.28. The second-order valence-electron chi connectivity index (χ2n) is 4.27. The van der Waals surface area contributed by atoms with Crippen LogP contribution in [0.1, 0.15) is 27.0 Å². The van der Waals surface area contributed by atoms with Crippen LogP contribution >= 0.6 is 11.3 Å². The van der Waals surface area contributed by atoms with Crippen molar-refractivity contribution in [3.63, 3.8) is 0 Å². The number of aromatic hydroxyl groups is 1. The van der Waals surface area contributed by atoms with Crippen molar-refractivity contribution in [2.24, 2.45) is 5.10 Å². The number of carbonyl (C=O) groups excluding carboxylic acids is 1. The van der Waals surface area contributed by atoms with Crippen LogP contribution in [0.3, 0.4) is 0 Å². The summed E-state index contributed by atoms with van der Waals surface area (Å²) in [7, 11) is 0. The van der Waals surface area contributed by atoms with Crippen molar-refractivity contribution in [3.05, 3.63) is 45.6 Å². The SMILES string of the molecule is CCOc1cc(/C=N\NC(=O)c2ccc(C)s2)ccc1O. The fraction of sp³-hybridized carbons (Fsp3) is 0.200. The van der Waals surface area contributed by atoms with E-state index in [-0.39, 0.29) is 11.7 Å². The van der Waals surface area contributed by atoms with Gasteiger partial charge in [-0.05, 0) is 49.7 Å². The Balaban J connectivity index is 2.01. The van der Waals surface area contributed by atoms with Crippen LogP contribution in [0.15, 0.2) is 35.4 Å². The summed E-state index contributed by atoms with van der Waals surface area (Å²) >= 11 is 1.41. The lowest BCUT2D eigenvalue weighted by Gasteiger charge is -2.05.